The number of H-pyrrole nitrogens is 1. The average molecular weight is 254 g/mol. The molecule has 1 aliphatic heterocycles. The smallest absolute Gasteiger partial charge is 0.195 e. The molecule has 96 valence electrons. The van der Waals surface area contributed by atoms with Crippen molar-refractivity contribution in [3.63, 3.8) is 0 Å². The molecule has 1 aromatic heterocycles. The average Bonchev–Trinajstić information content (AvgIpc) is 2.71. The van der Waals surface area contributed by atoms with Crippen LogP contribution < -0.4 is 0 Å². The van der Waals surface area contributed by atoms with Gasteiger partial charge in [-0.15, -0.1) is 0 Å². The van der Waals surface area contributed by atoms with Crippen LogP contribution in [0.3, 0.4) is 0 Å². The lowest BCUT2D eigenvalue weighted by Crippen LogP contribution is -2.34. The van der Waals surface area contributed by atoms with Crippen LogP contribution in [0, 0.1) is 4.77 Å². The van der Waals surface area contributed by atoms with Gasteiger partial charge < -0.3 is 9.47 Å². The number of rotatable bonds is 4. The highest BCUT2D eigenvalue weighted by atomic mass is 32.1. The van der Waals surface area contributed by atoms with E-state index in [-0.39, 0.29) is 0 Å². The molecule has 0 aromatic carbocycles. The molecule has 1 atom stereocenters. The van der Waals surface area contributed by atoms with Crippen molar-refractivity contribution in [3.8, 4) is 0 Å². The molecular formula is C12H22N4S. The fraction of sp³-hybridized carbons (Fsp3) is 0.833. The van der Waals surface area contributed by atoms with Gasteiger partial charge in [-0.05, 0) is 45.1 Å². The summed E-state index contributed by atoms with van der Waals surface area (Å²) in [7, 11) is 0. The van der Waals surface area contributed by atoms with Crippen molar-refractivity contribution in [1.82, 2.24) is 19.7 Å². The van der Waals surface area contributed by atoms with Gasteiger partial charge in [-0.25, -0.2) is 0 Å². The van der Waals surface area contributed by atoms with E-state index in [4.69, 9.17) is 12.2 Å². The Kier molecular flexibility index (Phi) is 4.34. The second kappa shape index (κ2) is 5.78. The summed E-state index contributed by atoms with van der Waals surface area (Å²) in [5.41, 5.74) is 0. The van der Waals surface area contributed by atoms with Gasteiger partial charge in [-0.1, -0.05) is 13.3 Å². The van der Waals surface area contributed by atoms with E-state index in [1.54, 1.807) is 0 Å². The molecule has 2 heterocycles. The van der Waals surface area contributed by atoms with Crippen LogP contribution in [0.1, 0.15) is 45.0 Å². The maximum absolute atomic E-state index is 5.31. The van der Waals surface area contributed by atoms with Crippen molar-refractivity contribution in [2.45, 2.75) is 45.6 Å². The van der Waals surface area contributed by atoms with Crippen LogP contribution >= 0.6 is 12.2 Å². The molecule has 0 spiro atoms. The molecule has 1 unspecified atom stereocenters. The molecule has 0 saturated carbocycles. The van der Waals surface area contributed by atoms with Crippen LogP contribution in [0.5, 0.6) is 0 Å². The minimum absolute atomic E-state index is 0.411. The van der Waals surface area contributed by atoms with E-state index < -0.39 is 0 Å². The number of nitrogens with zero attached hydrogens (tertiary/aromatic N) is 3. The summed E-state index contributed by atoms with van der Waals surface area (Å²) in [4.78, 5) is 2.54. The molecule has 1 fully saturated rings. The number of piperidine rings is 1. The number of aryl methyl sites for hydroxylation is 1. The Morgan fingerprint density at radius 3 is 2.71 bits per heavy atom. The summed E-state index contributed by atoms with van der Waals surface area (Å²) in [6.45, 7) is 7.91. The Morgan fingerprint density at radius 2 is 2.06 bits per heavy atom. The summed E-state index contributed by atoms with van der Waals surface area (Å²) in [6, 6.07) is 0.411. The predicted octanol–water partition coefficient (Wildman–Crippen LogP) is 2.55. The van der Waals surface area contributed by atoms with Crippen LogP contribution in [-0.4, -0.2) is 39.3 Å². The van der Waals surface area contributed by atoms with Crippen LogP contribution in [0.2, 0.25) is 0 Å². The third-order valence-corrected chi connectivity index (χ3v) is 3.79. The second-order valence-corrected chi connectivity index (χ2v) is 5.27. The lowest BCUT2D eigenvalue weighted by Gasteiger charge is -2.29. The summed E-state index contributed by atoms with van der Waals surface area (Å²) in [5, 5.41) is 7.18. The largest absolute Gasteiger partial charge is 0.301 e. The monoisotopic (exact) mass is 254 g/mol. The van der Waals surface area contributed by atoms with Crippen LogP contribution in [0.25, 0.3) is 0 Å². The van der Waals surface area contributed by atoms with Crippen molar-refractivity contribution in [2.75, 3.05) is 19.6 Å². The maximum Gasteiger partial charge on any atom is 0.195 e. The maximum atomic E-state index is 5.31. The molecule has 1 saturated heterocycles. The molecule has 0 aliphatic carbocycles. The molecule has 1 aliphatic rings. The van der Waals surface area contributed by atoms with Gasteiger partial charge in [0, 0.05) is 19.0 Å². The van der Waals surface area contributed by atoms with Crippen molar-refractivity contribution in [2.24, 2.45) is 0 Å². The number of aromatic amines is 1. The van der Waals surface area contributed by atoms with Crippen molar-refractivity contribution < 1.29 is 0 Å². The predicted molar refractivity (Wildman–Crippen MR) is 71.8 cm³/mol. The van der Waals surface area contributed by atoms with E-state index in [9.17, 15) is 0 Å². The number of hydrogen-bond acceptors (Lipinski definition) is 3. The standard InChI is InChI=1S/C12H22N4S/c1-3-11-13-14-12(17)16(11)10(2)9-15-7-5-4-6-8-15/h10H,3-9H2,1-2H3,(H,14,17). The zero-order valence-corrected chi connectivity index (χ0v) is 11.6. The van der Waals surface area contributed by atoms with E-state index in [0.717, 1.165) is 23.6 Å². The first-order valence-electron chi connectivity index (χ1n) is 6.60. The Hall–Kier alpha value is -0.680. The lowest BCUT2D eigenvalue weighted by molar-refractivity contribution is 0.200. The normalized spacial score (nSPS) is 19.4. The van der Waals surface area contributed by atoms with E-state index in [1.807, 2.05) is 0 Å². The first kappa shape index (κ1) is 12.8. The van der Waals surface area contributed by atoms with Crippen LogP contribution in [-0.2, 0) is 6.42 Å². The number of aromatic nitrogens is 3. The minimum atomic E-state index is 0.411. The molecule has 0 amide bonds. The van der Waals surface area contributed by atoms with Gasteiger partial charge in [0.1, 0.15) is 5.82 Å². The fourth-order valence-electron chi connectivity index (χ4n) is 2.64. The first-order valence-corrected chi connectivity index (χ1v) is 7.01. The second-order valence-electron chi connectivity index (χ2n) is 4.88. The van der Waals surface area contributed by atoms with E-state index >= 15 is 0 Å². The van der Waals surface area contributed by atoms with Gasteiger partial charge in [0.2, 0.25) is 0 Å². The lowest BCUT2D eigenvalue weighted by atomic mass is 10.1. The fourth-order valence-corrected chi connectivity index (χ4v) is 2.97. The van der Waals surface area contributed by atoms with E-state index in [0.29, 0.717) is 6.04 Å². The summed E-state index contributed by atoms with van der Waals surface area (Å²) in [6.07, 6.45) is 4.99. The van der Waals surface area contributed by atoms with Gasteiger partial charge in [0.05, 0.1) is 0 Å². The number of hydrogen-bond donors (Lipinski definition) is 1. The van der Waals surface area contributed by atoms with Crippen molar-refractivity contribution in [3.05, 3.63) is 10.6 Å². The number of nitrogens with one attached hydrogen (secondary N) is 1. The van der Waals surface area contributed by atoms with Gasteiger partial charge in [-0.3, -0.25) is 5.10 Å². The topological polar surface area (TPSA) is 36.9 Å². The molecule has 1 aromatic rings. The SMILES string of the molecule is CCc1n[nH]c(=S)n1C(C)CN1CCCCC1. The highest BCUT2D eigenvalue weighted by Crippen LogP contribution is 2.15. The third kappa shape index (κ3) is 2.96. The molecule has 0 bridgehead atoms. The Balaban J connectivity index is 2.05. The molecule has 2 rings (SSSR count). The highest BCUT2D eigenvalue weighted by Gasteiger charge is 2.17. The van der Waals surface area contributed by atoms with Crippen LogP contribution in [0.4, 0.5) is 0 Å². The van der Waals surface area contributed by atoms with Gasteiger partial charge in [-0.2, -0.15) is 5.10 Å². The van der Waals surface area contributed by atoms with Gasteiger partial charge >= 0.3 is 0 Å². The first-order chi connectivity index (χ1) is 8.22. The van der Waals surface area contributed by atoms with E-state index in [2.05, 4.69) is 33.5 Å². The molecule has 1 N–H and O–H groups in total. The van der Waals surface area contributed by atoms with Gasteiger partial charge in [0.15, 0.2) is 4.77 Å². The summed E-state index contributed by atoms with van der Waals surface area (Å²) in [5.74, 6) is 1.07. The summed E-state index contributed by atoms with van der Waals surface area (Å²) >= 11 is 5.31. The zero-order chi connectivity index (χ0) is 12.3. The molecule has 17 heavy (non-hydrogen) atoms. The quantitative estimate of drug-likeness (QED) is 0.839. The van der Waals surface area contributed by atoms with Gasteiger partial charge in [0.25, 0.3) is 0 Å². The summed E-state index contributed by atoms with van der Waals surface area (Å²) < 4.78 is 2.93. The van der Waals surface area contributed by atoms with Crippen molar-refractivity contribution in [1.29, 1.82) is 0 Å². The third-order valence-electron chi connectivity index (χ3n) is 3.51. The molecular weight excluding hydrogens is 232 g/mol. The van der Waals surface area contributed by atoms with Crippen molar-refractivity contribution >= 4 is 12.2 Å². The molecule has 5 heteroatoms. The molecule has 4 nitrogen and oxygen atoms in total. The number of likely N-dealkylation sites (tertiary alicyclic amines) is 1. The Morgan fingerprint density at radius 1 is 1.35 bits per heavy atom. The minimum Gasteiger partial charge on any atom is -0.301 e. The van der Waals surface area contributed by atoms with E-state index in [1.165, 1.54) is 32.4 Å². The molecule has 0 radical (unpaired) electrons. The Labute approximate surface area is 108 Å². The Bertz CT molecular complexity index is 403. The zero-order valence-electron chi connectivity index (χ0n) is 10.8. The van der Waals surface area contributed by atoms with Crippen LogP contribution in [0.15, 0.2) is 0 Å². The highest BCUT2D eigenvalue weighted by molar-refractivity contribution is 7.71.